The van der Waals surface area contributed by atoms with Crippen LogP contribution < -0.4 is 5.32 Å². The molecule has 1 unspecified atom stereocenters. The highest BCUT2D eigenvalue weighted by Crippen LogP contribution is 2.14. The van der Waals surface area contributed by atoms with Gasteiger partial charge in [0.25, 0.3) is 0 Å². The summed E-state index contributed by atoms with van der Waals surface area (Å²) in [6, 6.07) is 0. The van der Waals surface area contributed by atoms with Crippen LogP contribution >= 0.6 is 11.8 Å². The molecule has 82 valence electrons. The second-order valence-corrected chi connectivity index (χ2v) is 4.69. The van der Waals surface area contributed by atoms with E-state index >= 15 is 0 Å². The Bertz CT molecular complexity index is 146. The van der Waals surface area contributed by atoms with E-state index in [1.54, 1.807) is 0 Å². The molecule has 1 fully saturated rings. The van der Waals surface area contributed by atoms with Gasteiger partial charge < -0.3 is 10.1 Å². The molecule has 0 amide bonds. The van der Waals surface area contributed by atoms with Gasteiger partial charge in [0.15, 0.2) is 0 Å². The van der Waals surface area contributed by atoms with Crippen LogP contribution in [0.4, 0.5) is 0 Å². The topological polar surface area (TPSA) is 21.3 Å². The molecule has 0 aromatic rings. The molecule has 0 bridgehead atoms. The summed E-state index contributed by atoms with van der Waals surface area (Å²) >= 11 is 1.92. The Morgan fingerprint density at radius 2 is 2.43 bits per heavy atom. The number of hydrogen-bond donors (Lipinski definition) is 1. The van der Waals surface area contributed by atoms with Gasteiger partial charge in [0.2, 0.25) is 0 Å². The Morgan fingerprint density at radius 3 is 3.14 bits per heavy atom. The number of ether oxygens (including phenoxy) is 1. The summed E-state index contributed by atoms with van der Waals surface area (Å²) in [5.74, 6) is 2.24. The lowest BCUT2D eigenvalue weighted by Gasteiger charge is -2.09. The van der Waals surface area contributed by atoms with Crippen LogP contribution in [0.3, 0.4) is 0 Å². The third-order valence-corrected chi connectivity index (χ3v) is 3.29. The molecule has 0 aromatic heterocycles. The molecule has 1 aliphatic rings. The van der Waals surface area contributed by atoms with E-state index in [9.17, 15) is 0 Å². The van der Waals surface area contributed by atoms with Crippen molar-refractivity contribution in [3.05, 3.63) is 12.7 Å². The first-order valence-corrected chi connectivity index (χ1v) is 6.60. The first kappa shape index (κ1) is 12.1. The highest BCUT2D eigenvalue weighted by atomic mass is 32.2. The molecule has 1 saturated heterocycles. The van der Waals surface area contributed by atoms with Crippen LogP contribution in [0.1, 0.15) is 19.3 Å². The molecular formula is C11H21NOS. The zero-order valence-corrected chi connectivity index (χ0v) is 9.65. The number of nitrogens with one attached hydrogen (secondary N) is 1. The standard InChI is InChI=1S/C11H21NOS/c1-2-9-14-10-7-12-6-5-11-4-3-8-13-11/h2,11-12H,1,3-10H2. The molecule has 0 radical (unpaired) electrons. The van der Waals surface area contributed by atoms with E-state index in [0.29, 0.717) is 6.10 Å². The fourth-order valence-electron chi connectivity index (χ4n) is 1.57. The average Bonchev–Trinajstić information content (AvgIpc) is 2.69. The Kier molecular flexibility index (Phi) is 7.19. The van der Waals surface area contributed by atoms with E-state index in [2.05, 4.69) is 11.9 Å². The molecule has 3 heteroatoms. The summed E-state index contributed by atoms with van der Waals surface area (Å²) in [6.07, 6.45) is 6.17. The van der Waals surface area contributed by atoms with E-state index in [4.69, 9.17) is 4.74 Å². The van der Waals surface area contributed by atoms with Crippen LogP contribution in [0, 0.1) is 0 Å². The Labute approximate surface area is 91.5 Å². The Hall–Kier alpha value is 0.01000. The minimum absolute atomic E-state index is 0.531. The number of hydrogen-bond acceptors (Lipinski definition) is 3. The van der Waals surface area contributed by atoms with Gasteiger partial charge >= 0.3 is 0 Å². The van der Waals surface area contributed by atoms with Crippen molar-refractivity contribution in [3.8, 4) is 0 Å². The zero-order valence-electron chi connectivity index (χ0n) is 8.84. The second-order valence-electron chi connectivity index (χ2n) is 3.54. The Morgan fingerprint density at radius 1 is 1.50 bits per heavy atom. The lowest BCUT2D eigenvalue weighted by molar-refractivity contribution is 0.104. The van der Waals surface area contributed by atoms with Gasteiger partial charge in [-0.2, -0.15) is 11.8 Å². The number of rotatable bonds is 8. The molecule has 1 aliphatic heterocycles. The molecule has 1 heterocycles. The largest absolute Gasteiger partial charge is 0.378 e. The van der Waals surface area contributed by atoms with Gasteiger partial charge in [0, 0.05) is 24.7 Å². The lowest BCUT2D eigenvalue weighted by atomic mass is 10.2. The highest BCUT2D eigenvalue weighted by molar-refractivity contribution is 7.99. The highest BCUT2D eigenvalue weighted by Gasteiger charge is 2.13. The van der Waals surface area contributed by atoms with Crippen molar-refractivity contribution < 1.29 is 4.74 Å². The molecule has 14 heavy (non-hydrogen) atoms. The van der Waals surface area contributed by atoms with Crippen LogP contribution in [-0.4, -0.2) is 37.3 Å². The molecule has 1 rings (SSSR count). The first-order valence-electron chi connectivity index (χ1n) is 5.44. The molecule has 2 nitrogen and oxygen atoms in total. The average molecular weight is 215 g/mol. The van der Waals surface area contributed by atoms with Gasteiger partial charge in [-0.25, -0.2) is 0 Å². The van der Waals surface area contributed by atoms with Crippen LogP contribution in [0.5, 0.6) is 0 Å². The van der Waals surface area contributed by atoms with Crippen LogP contribution in [0.25, 0.3) is 0 Å². The van der Waals surface area contributed by atoms with Crippen molar-refractivity contribution in [2.24, 2.45) is 0 Å². The monoisotopic (exact) mass is 215 g/mol. The fraction of sp³-hybridized carbons (Fsp3) is 0.818. The predicted molar refractivity (Wildman–Crippen MR) is 64.0 cm³/mol. The summed E-state index contributed by atoms with van der Waals surface area (Å²) in [4.78, 5) is 0. The molecule has 0 spiro atoms. The SMILES string of the molecule is C=CCSCCNCCC1CCCO1. The van der Waals surface area contributed by atoms with E-state index in [1.165, 1.54) is 25.0 Å². The van der Waals surface area contributed by atoms with Crippen molar-refractivity contribution in [3.63, 3.8) is 0 Å². The minimum Gasteiger partial charge on any atom is -0.378 e. The normalized spacial score (nSPS) is 21.3. The smallest absolute Gasteiger partial charge is 0.0588 e. The van der Waals surface area contributed by atoms with E-state index in [0.717, 1.165) is 25.4 Å². The van der Waals surface area contributed by atoms with Gasteiger partial charge in [-0.15, -0.1) is 6.58 Å². The van der Waals surface area contributed by atoms with Gasteiger partial charge in [-0.05, 0) is 25.8 Å². The van der Waals surface area contributed by atoms with Crippen LogP contribution in [-0.2, 0) is 4.74 Å². The number of thioether (sulfide) groups is 1. The van der Waals surface area contributed by atoms with Crippen molar-refractivity contribution >= 4 is 11.8 Å². The van der Waals surface area contributed by atoms with Crippen molar-refractivity contribution in [2.75, 3.05) is 31.2 Å². The molecule has 0 saturated carbocycles. The van der Waals surface area contributed by atoms with Crippen LogP contribution in [0.2, 0.25) is 0 Å². The third kappa shape index (κ3) is 5.68. The third-order valence-electron chi connectivity index (χ3n) is 2.33. The van der Waals surface area contributed by atoms with Gasteiger partial charge in [-0.3, -0.25) is 0 Å². The molecule has 1 N–H and O–H groups in total. The van der Waals surface area contributed by atoms with Crippen molar-refractivity contribution in [2.45, 2.75) is 25.4 Å². The first-order chi connectivity index (χ1) is 6.93. The lowest BCUT2D eigenvalue weighted by Crippen LogP contribution is -2.22. The molecule has 0 aliphatic carbocycles. The van der Waals surface area contributed by atoms with E-state index in [1.807, 2.05) is 17.8 Å². The maximum Gasteiger partial charge on any atom is 0.0588 e. The minimum atomic E-state index is 0.531. The van der Waals surface area contributed by atoms with Gasteiger partial charge in [0.05, 0.1) is 6.10 Å². The second kappa shape index (κ2) is 8.33. The van der Waals surface area contributed by atoms with Crippen molar-refractivity contribution in [1.82, 2.24) is 5.32 Å². The van der Waals surface area contributed by atoms with Crippen molar-refractivity contribution in [1.29, 1.82) is 0 Å². The molecule has 1 atom stereocenters. The van der Waals surface area contributed by atoms with Crippen LogP contribution in [0.15, 0.2) is 12.7 Å². The summed E-state index contributed by atoms with van der Waals surface area (Å²) in [7, 11) is 0. The Balaban J connectivity index is 1.77. The van der Waals surface area contributed by atoms with E-state index in [-0.39, 0.29) is 0 Å². The maximum atomic E-state index is 5.54. The van der Waals surface area contributed by atoms with Gasteiger partial charge in [0.1, 0.15) is 0 Å². The summed E-state index contributed by atoms with van der Waals surface area (Å²) in [5, 5.41) is 3.44. The fourth-order valence-corrected chi connectivity index (χ4v) is 2.19. The summed E-state index contributed by atoms with van der Waals surface area (Å²) in [6.45, 7) is 6.86. The summed E-state index contributed by atoms with van der Waals surface area (Å²) < 4.78 is 5.54. The maximum absolute atomic E-state index is 5.54. The van der Waals surface area contributed by atoms with Gasteiger partial charge in [-0.1, -0.05) is 6.08 Å². The zero-order chi connectivity index (χ0) is 10.1. The molecular weight excluding hydrogens is 194 g/mol. The van der Waals surface area contributed by atoms with E-state index < -0.39 is 0 Å². The quantitative estimate of drug-likeness (QED) is 0.495. The summed E-state index contributed by atoms with van der Waals surface area (Å²) in [5.41, 5.74) is 0. The predicted octanol–water partition coefficient (Wildman–Crippen LogP) is 2.06. The molecule has 0 aromatic carbocycles.